The van der Waals surface area contributed by atoms with Gasteiger partial charge in [-0.3, -0.25) is 0 Å². The normalized spacial score (nSPS) is 18.9. The molecule has 5 heteroatoms. The third-order valence-corrected chi connectivity index (χ3v) is 4.51. The molecule has 2 aromatic heterocycles. The predicted octanol–water partition coefficient (Wildman–Crippen LogP) is 2.06. The number of hydrogen-bond acceptors (Lipinski definition) is 4. The summed E-state index contributed by atoms with van der Waals surface area (Å²) >= 11 is 1.83. The third kappa shape index (κ3) is 2.33. The Morgan fingerprint density at radius 1 is 1.50 bits per heavy atom. The lowest BCUT2D eigenvalue weighted by Crippen LogP contribution is -2.37. The van der Waals surface area contributed by atoms with Crippen LogP contribution in [0.4, 0.5) is 0 Å². The first-order valence-corrected chi connectivity index (χ1v) is 7.27. The summed E-state index contributed by atoms with van der Waals surface area (Å²) in [4.78, 5) is 5.88. The van der Waals surface area contributed by atoms with Crippen molar-refractivity contribution in [3.8, 4) is 0 Å². The maximum absolute atomic E-state index is 4.44. The number of thiophene rings is 1. The largest absolute Gasteiger partial charge is 0.307 e. The molecule has 3 heterocycles. The second-order valence-electron chi connectivity index (χ2n) is 4.90. The molecular formula is C13H18N4S. The lowest BCUT2D eigenvalue weighted by molar-refractivity contribution is 0.358. The number of aromatic nitrogens is 3. The monoisotopic (exact) mass is 262 g/mol. The van der Waals surface area contributed by atoms with Gasteiger partial charge in [0, 0.05) is 23.9 Å². The minimum Gasteiger partial charge on any atom is -0.307 e. The molecule has 0 aliphatic carbocycles. The van der Waals surface area contributed by atoms with Gasteiger partial charge in [-0.15, -0.1) is 11.3 Å². The number of fused-ring (bicyclic) bond motifs is 1. The van der Waals surface area contributed by atoms with E-state index in [0.717, 1.165) is 37.6 Å². The number of aryl methyl sites for hydroxylation is 3. The highest BCUT2D eigenvalue weighted by Gasteiger charge is 2.20. The van der Waals surface area contributed by atoms with Crippen molar-refractivity contribution in [1.82, 2.24) is 20.1 Å². The fourth-order valence-electron chi connectivity index (χ4n) is 2.42. The summed E-state index contributed by atoms with van der Waals surface area (Å²) in [6.07, 6.45) is 2.19. The highest BCUT2D eigenvalue weighted by atomic mass is 32.1. The van der Waals surface area contributed by atoms with Crippen molar-refractivity contribution in [2.75, 3.05) is 0 Å². The van der Waals surface area contributed by atoms with Crippen LogP contribution < -0.4 is 5.32 Å². The Balaban J connectivity index is 1.61. The van der Waals surface area contributed by atoms with Gasteiger partial charge in [0.1, 0.15) is 11.6 Å². The van der Waals surface area contributed by atoms with Crippen LogP contribution in [-0.4, -0.2) is 20.8 Å². The molecule has 0 radical (unpaired) electrons. The van der Waals surface area contributed by atoms with Crippen molar-refractivity contribution in [3.63, 3.8) is 0 Å². The molecular weight excluding hydrogens is 244 g/mol. The van der Waals surface area contributed by atoms with Gasteiger partial charge in [-0.2, -0.15) is 5.10 Å². The zero-order valence-electron chi connectivity index (χ0n) is 10.8. The molecule has 0 bridgehead atoms. The first-order valence-electron chi connectivity index (χ1n) is 6.39. The van der Waals surface area contributed by atoms with Gasteiger partial charge in [0.2, 0.25) is 0 Å². The Bertz CT molecular complexity index is 543. The molecule has 18 heavy (non-hydrogen) atoms. The summed E-state index contributed by atoms with van der Waals surface area (Å²) in [5.41, 5.74) is 1.39. The van der Waals surface area contributed by atoms with E-state index in [1.165, 1.54) is 10.4 Å². The molecule has 0 saturated carbocycles. The summed E-state index contributed by atoms with van der Waals surface area (Å²) in [5.74, 6) is 2.03. The lowest BCUT2D eigenvalue weighted by atomic mass is 10.1. The molecule has 3 rings (SSSR count). The van der Waals surface area contributed by atoms with Gasteiger partial charge in [0.15, 0.2) is 0 Å². The van der Waals surface area contributed by atoms with Crippen LogP contribution in [0.2, 0.25) is 0 Å². The second-order valence-corrected chi connectivity index (χ2v) is 5.90. The summed E-state index contributed by atoms with van der Waals surface area (Å²) < 4.78 is 2.05. The van der Waals surface area contributed by atoms with Crippen LogP contribution >= 0.6 is 11.3 Å². The van der Waals surface area contributed by atoms with Gasteiger partial charge >= 0.3 is 0 Å². The lowest BCUT2D eigenvalue weighted by Gasteiger charge is -2.23. The van der Waals surface area contributed by atoms with Crippen LogP contribution in [0.15, 0.2) is 11.4 Å². The van der Waals surface area contributed by atoms with E-state index in [-0.39, 0.29) is 0 Å². The van der Waals surface area contributed by atoms with Crippen LogP contribution in [0.3, 0.4) is 0 Å². The molecule has 0 fully saturated rings. The smallest absolute Gasteiger partial charge is 0.147 e. The highest BCUT2D eigenvalue weighted by molar-refractivity contribution is 7.10. The summed E-state index contributed by atoms with van der Waals surface area (Å²) in [5, 5.41) is 10.2. The molecule has 4 nitrogen and oxygen atoms in total. The Labute approximate surface area is 111 Å². The van der Waals surface area contributed by atoms with Crippen molar-refractivity contribution in [2.45, 2.75) is 45.8 Å². The average Bonchev–Trinajstić information content (AvgIpc) is 2.90. The van der Waals surface area contributed by atoms with Crippen molar-refractivity contribution in [1.29, 1.82) is 0 Å². The van der Waals surface area contributed by atoms with Crippen molar-refractivity contribution < 1.29 is 0 Å². The van der Waals surface area contributed by atoms with E-state index in [1.54, 1.807) is 0 Å². The third-order valence-electron chi connectivity index (χ3n) is 3.48. The highest BCUT2D eigenvalue weighted by Crippen LogP contribution is 2.17. The Morgan fingerprint density at radius 3 is 3.17 bits per heavy atom. The maximum Gasteiger partial charge on any atom is 0.147 e. The van der Waals surface area contributed by atoms with Gasteiger partial charge in [-0.25, -0.2) is 9.67 Å². The first-order chi connectivity index (χ1) is 8.72. The van der Waals surface area contributed by atoms with Crippen LogP contribution in [0, 0.1) is 13.8 Å². The summed E-state index contributed by atoms with van der Waals surface area (Å²) in [7, 11) is 0. The minimum absolute atomic E-state index is 0.514. The Morgan fingerprint density at radius 2 is 2.39 bits per heavy atom. The minimum atomic E-state index is 0.514. The quantitative estimate of drug-likeness (QED) is 0.920. The van der Waals surface area contributed by atoms with Crippen LogP contribution in [0.25, 0.3) is 0 Å². The summed E-state index contributed by atoms with van der Waals surface area (Å²) in [6.45, 7) is 6.05. The van der Waals surface area contributed by atoms with E-state index in [1.807, 2.05) is 18.3 Å². The number of nitrogens with zero attached hydrogens (tertiary/aromatic N) is 3. The zero-order valence-corrected chi connectivity index (χ0v) is 11.6. The van der Waals surface area contributed by atoms with Gasteiger partial charge in [0.05, 0.1) is 6.54 Å². The van der Waals surface area contributed by atoms with Gasteiger partial charge in [0.25, 0.3) is 0 Å². The standard InChI is InChI=1S/C13H18N4S/c1-9-5-6-18-12(9)7-14-11-3-4-13-15-10(2)16-17(13)8-11/h5-6,11,14H,3-4,7-8H2,1-2H3/t11-/m1/s1. The molecule has 1 aliphatic heterocycles. The molecule has 0 unspecified atom stereocenters. The average molecular weight is 262 g/mol. The molecule has 0 spiro atoms. The van der Waals surface area contributed by atoms with E-state index in [9.17, 15) is 0 Å². The van der Waals surface area contributed by atoms with Crippen LogP contribution in [0.5, 0.6) is 0 Å². The number of nitrogens with one attached hydrogen (secondary N) is 1. The van der Waals surface area contributed by atoms with Gasteiger partial charge in [-0.05, 0) is 37.3 Å². The van der Waals surface area contributed by atoms with Crippen molar-refractivity contribution >= 4 is 11.3 Å². The topological polar surface area (TPSA) is 42.7 Å². The summed E-state index contributed by atoms with van der Waals surface area (Å²) in [6, 6.07) is 2.70. The fourth-order valence-corrected chi connectivity index (χ4v) is 3.28. The SMILES string of the molecule is Cc1nc2n(n1)C[C@H](NCc1sccc1C)CC2. The van der Waals surface area contributed by atoms with Gasteiger partial charge < -0.3 is 5.32 Å². The molecule has 2 aromatic rings. The molecule has 0 saturated heterocycles. The fraction of sp³-hybridized carbons (Fsp3) is 0.538. The van der Waals surface area contributed by atoms with E-state index >= 15 is 0 Å². The van der Waals surface area contributed by atoms with E-state index in [4.69, 9.17) is 0 Å². The Hall–Kier alpha value is -1.20. The zero-order chi connectivity index (χ0) is 12.5. The van der Waals surface area contributed by atoms with Crippen molar-refractivity contribution in [2.24, 2.45) is 0 Å². The molecule has 1 N–H and O–H groups in total. The number of hydrogen-bond donors (Lipinski definition) is 1. The van der Waals surface area contributed by atoms with Gasteiger partial charge in [-0.1, -0.05) is 0 Å². The molecule has 1 aliphatic rings. The molecule has 0 amide bonds. The predicted molar refractivity (Wildman–Crippen MR) is 72.8 cm³/mol. The van der Waals surface area contributed by atoms with E-state index < -0.39 is 0 Å². The molecule has 96 valence electrons. The Kier molecular flexibility index (Phi) is 3.18. The van der Waals surface area contributed by atoms with E-state index in [0.29, 0.717) is 6.04 Å². The molecule has 0 aromatic carbocycles. The van der Waals surface area contributed by atoms with Crippen LogP contribution in [-0.2, 0) is 19.5 Å². The second kappa shape index (κ2) is 4.82. The first kappa shape index (κ1) is 11.9. The van der Waals surface area contributed by atoms with E-state index in [2.05, 4.69) is 38.5 Å². The maximum atomic E-state index is 4.44. The van der Waals surface area contributed by atoms with Crippen molar-refractivity contribution in [3.05, 3.63) is 33.5 Å². The number of rotatable bonds is 3. The van der Waals surface area contributed by atoms with Crippen LogP contribution in [0.1, 0.15) is 28.5 Å². The molecule has 1 atom stereocenters.